The highest BCUT2D eigenvalue weighted by Gasteiger charge is 2.19. The molecule has 1 aromatic carbocycles. The highest BCUT2D eigenvalue weighted by Crippen LogP contribution is 2.27. The summed E-state index contributed by atoms with van der Waals surface area (Å²) in [6.07, 6.45) is 0. The predicted octanol–water partition coefficient (Wildman–Crippen LogP) is 1.42. The maximum Gasteiger partial charge on any atom is 0.319 e. The molecular formula is C9H11N3O3. The fourth-order valence-corrected chi connectivity index (χ4v) is 1.18. The summed E-state index contributed by atoms with van der Waals surface area (Å²) in [6, 6.07) is 3.84. The van der Waals surface area contributed by atoms with Crippen LogP contribution in [-0.4, -0.2) is 18.0 Å². The summed E-state index contributed by atoms with van der Waals surface area (Å²) in [5.41, 5.74) is 5.86. The van der Waals surface area contributed by atoms with Crippen LogP contribution in [0.25, 0.3) is 0 Å². The summed E-state index contributed by atoms with van der Waals surface area (Å²) in [4.78, 5) is 22.1. The number of amides is 2. The lowest BCUT2D eigenvalue weighted by Gasteiger charge is -2.14. The van der Waals surface area contributed by atoms with Crippen LogP contribution in [0.1, 0.15) is 5.56 Å². The number of nitro benzene ring substituents is 1. The van der Waals surface area contributed by atoms with Crippen molar-refractivity contribution in [2.24, 2.45) is 5.73 Å². The maximum atomic E-state index is 10.9. The van der Waals surface area contributed by atoms with E-state index in [4.69, 9.17) is 5.73 Å². The van der Waals surface area contributed by atoms with Gasteiger partial charge in [0, 0.05) is 13.1 Å². The topological polar surface area (TPSA) is 89.5 Å². The number of nitrogens with zero attached hydrogens (tertiary/aromatic N) is 2. The Labute approximate surface area is 86.4 Å². The summed E-state index contributed by atoms with van der Waals surface area (Å²) < 4.78 is 0. The van der Waals surface area contributed by atoms with Crippen molar-refractivity contribution in [3.05, 3.63) is 33.9 Å². The van der Waals surface area contributed by atoms with Crippen LogP contribution in [0, 0.1) is 17.0 Å². The lowest BCUT2D eigenvalue weighted by molar-refractivity contribution is -0.384. The quantitative estimate of drug-likeness (QED) is 0.589. The van der Waals surface area contributed by atoms with Gasteiger partial charge in [-0.3, -0.25) is 15.0 Å². The van der Waals surface area contributed by atoms with Gasteiger partial charge in [-0.15, -0.1) is 0 Å². The standard InChI is InChI=1S/C9H11N3O3/c1-6-3-4-7(11(2)9(10)13)8(5-6)12(14)15/h3-5H,1-2H3,(H2,10,13). The number of rotatable bonds is 2. The number of carbonyl (C=O) groups is 1. The second-order valence-corrected chi connectivity index (χ2v) is 3.15. The van der Waals surface area contributed by atoms with Crippen LogP contribution in [0.15, 0.2) is 18.2 Å². The first kappa shape index (κ1) is 11.0. The summed E-state index contributed by atoms with van der Waals surface area (Å²) in [5, 5.41) is 10.7. The molecule has 0 saturated heterocycles. The monoisotopic (exact) mass is 209 g/mol. The molecule has 0 fully saturated rings. The lowest BCUT2D eigenvalue weighted by Crippen LogP contribution is -2.32. The van der Waals surface area contributed by atoms with E-state index in [1.807, 2.05) is 0 Å². The number of aryl methyl sites for hydroxylation is 1. The zero-order valence-corrected chi connectivity index (χ0v) is 8.43. The Morgan fingerprint density at radius 3 is 2.60 bits per heavy atom. The molecule has 0 aliphatic carbocycles. The Kier molecular flexibility index (Phi) is 2.89. The highest BCUT2D eigenvalue weighted by atomic mass is 16.6. The van der Waals surface area contributed by atoms with Crippen molar-refractivity contribution in [3.8, 4) is 0 Å². The van der Waals surface area contributed by atoms with Gasteiger partial charge in [-0.25, -0.2) is 4.79 Å². The Bertz CT molecular complexity index is 417. The number of nitro groups is 1. The normalized spacial score (nSPS) is 9.73. The van der Waals surface area contributed by atoms with Gasteiger partial charge in [-0.1, -0.05) is 6.07 Å². The number of carbonyl (C=O) groups excluding carboxylic acids is 1. The molecule has 0 bridgehead atoms. The zero-order chi connectivity index (χ0) is 11.6. The molecule has 0 spiro atoms. The molecule has 80 valence electrons. The highest BCUT2D eigenvalue weighted by molar-refractivity contribution is 5.92. The van der Waals surface area contributed by atoms with Crippen molar-refractivity contribution in [1.82, 2.24) is 0 Å². The van der Waals surface area contributed by atoms with Crippen LogP contribution in [-0.2, 0) is 0 Å². The van der Waals surface area contributed by atoms with E-state index >= 15 is 0 Å². The van der Waals surface area contributed by atoms with E-state index in [2.05, 4.69) is 0 Å². The Morgan fingerprint density at radius 2 is 2.13 bits per heavy atom. The second kappa shape index (κ2) is 3.95. The third-order valence-electron chi connectivity index (χ3n) is 2.02. The van der Waals surface area contributed by atoms with Crippen LogP contribution in [0.3, 0.4) is 0 Å². The zero-order valence-electron chi connectivity index (χ0n) is 8.43. The third-order valence-corrected chi connectivity index (χ3v) is 2.02. The molecule has 0 saturated carbocycles. The van der Waals surface area contributed by atoms with E-state index in [0.717, 1.165) is 10.5 Å². The largest absolute Gasteiger partial charge is 0.351 e. The molecule has 2 N–H and O–H groups in total. The average molecular weight is 209 g/mol. The first-order valence-electron chi connectivity index (χ1n) is 4.21. The molecule has 0 radical (unpaired) electrons. The Morgan fingerprint density at radius 1 is 1.53 bits per heavy atom. The van der Waals surface area contributed by atoms with Crippen LogP contribution < -0.4 is 10.6 Å². The van der Waals surface area contributed by atoms with Crippen molar-refractivity contribution in [2.45, 2.75) is 6.92 Å². The minimum atomic E-state index is -0.734. The van der Waals surface area contributed by atoms with Gasteiger partial charge >= 0.3 is 6.03 Å². The van der Waals surface area contributed by atoms with Gasteiger partial charge in [0.2, 0.25) is 0 Å². The van der Waals surface area contributed by atoms with E-state index in [1.54, 1.807) is 13.0 Å². The first-order chi connectivity index (χ1) is 6.93. The molecule has 6 nitrogen and oxygen atoms in total. The van der Waals surface area contributed by atoms with E-state index in [-0.39, 0.29) is 11.4 Å². The van der Waals surface area contributed by atoms with Gasteiger partial charge in [0.15, 0.2) is 0 Å². The van der Waals surface area contributed by atoms with Gasteiger partial charge in [0.1, 0.15) is 5.69 Å². The van der Waals surface area contributed by atoms with Gasteiger partial charge < -0.3 is 5.73 Å². The van der Waals surface area contributed by atoms with Crippen LogP contribution in [0.2, 0.25) is 0 Å². The molecular weight excluding hydrogens is 198 g/mol. The fourth-order valence-electron chi connectivity index (χ4n) is 1.18. The van der Waals surface area contributed by atoms with Crippen molar-refractivity contribution in [1.29, 1.82) is 0 Å². The van der Waals surface area contributed by atoms with Crippen LogP contribution in [0.4, 0.5) is 16.2 Å². The van der Waals surface area contributed by atoms with Gasteiger partial charge in [0.25, 0.3) is 5.69 Å². The number of benzene rings is 1. The summed E-state index contributed by atoms with van der Waals surface area (Å²) in [6.45, 7) is 1.74. The SMILES string of the molecule is Cc1ccc(N(C)C(N)=O)c([N+](=O)[O-])c1. The molecule has 0 aliphatic heterocycles. The fraction of sp³-hybridized carbons (Fsp3) is 0.222. The van der Waals surface area contributed by atoms with Crippen molar-refractivity contribution in [2.75, 3.05) is 11.9 Å². The number of nitrogens with two attached hydrogens (primary N) is 1. The first-order valence-corrected chi connectivity index (χ1v) is 4.21. The van der Waals surface area contributed by atoms with E-state index < -0.39 is 11.0 Å². The third kappa shape index (κ3) is 2.22. The molecule has 0 heterocycles. The van der Waals surface area contributed by atoms with Gasteiger partial charge in [-0.05, 0) is 18.6 Å². The van der Waals surface area contributed by atoms with Crippen LogP contribution >= 0.6 is 0 Å². The number of primary amides is 1. The summed E-state index contributed by atoms with van der Waals surface area (Å²) >= 11 is 0. The molecule has 0 unspecified atom stereocenters. The number of hydrogen-bond donors (Lipinski definition) is 1. The number of urea groups is 1. The summed E-state index contributed by atoms with van der Waals surface area (Å²) in [5.74, 6) is 0. The smallest absolute Gasteiger partial charge is 0.319 e. The predicted molar refractivity (Wildman–Crippen MR) is 55.8 cm³/mol. The summed E-state index contributed by atoms with van der Waals surface area (Å²) in [7, 11) is 1.39. The molecule has 15 heavy (non-hydrogen) atoms. The van der Waals surface area contributed by atoms with E-state index in [1.165, 1.54) is 19.2 Å². The number of anilines is 1. The minimum Gasteiger partial charge on any atom is -0.351 e. The molecule has 2 amide bonds. The van der Waals surface area contributed by atoms with E-state index in [0.29, 0.717) is 0 Å². The molecule has 1 rings (SSSR count). The average Bonchev–Trinajstić information content (AvgIpc) is 2.16. The molecule has 1 aromatic rings. The van der Waals surface area contributed by atoms with E-state index in [9.17, 15) is 14.9 Å². The van der Waals surface area contributed by atoms with Crippen molar-refractivity contribution >= 4 is 17.4 Å². The molecule has 0 aromatic heterocycles. The Hall–Kier alpha value is -2.11. The van der Waals surface area contributed by atoms with Gasteiger partial charge in [0.05, 0.1) is 4.92 Å². The lowest BCUT2D eigenvalue weighted by atomic mass is 10.2. The van der Waals surface area contributed by atoms with Crippen molar-refractivity contribution in [3.63, 3.8) is 0 Å². The van der Waals surface area contributed by atoms with Gasteiger partial charge in [-0.2, -0.15) is 0 Å². The number of hydrogen-bond acceptors (Lipinski definition) is 3. The maximum absolute atomic E-state index is 10.9. The van der Waals surface area contributed by atoms with Crippen LogP contribution in [0.5, 0.6) is 0 Å². The molecule has 0 aliphatic rings. The molecule has 6 heteroatoms. The van der Waals surface area contributed by atoms with Crippen molar-refractivity contribution < 1.29 is 9.72 Å². The Balaban J connectivity index is 3.28. The second-order valence-electron chi connectivity index (χ2n) is 3.15. The minimum absolute atomic E-state index is 0.128. The molecule has 0 atom stereocenters.